The van der Waals surface area contributed by atoms with Gasteiger partial charge < -0.3 is 10.2 Å². The molecular formula is C29H30Cl2F3N3O4S. The smallest absolute Gasteiger partial charge is 0.354 e. The fourth-order valence-corrected chi connectivity index (χ4v) is 5.86. The van der Waals surface area contributed by atoms with Crippen molar-refractivity contribution in [2.75, 3.05) is 17.4 Å². The molecule has 0 aliphatic carbocycles. The van der Waals surface area contributed by atoms with E-state index >= 15 is 0 Å². The number of anilines is 1. The molecule has 0 fully saturated rings. The molecule has 0 saturated heterocycles. The molecule has 0 spiro atoms. The Balaban J connectivity index is 2.09. The van der Waals surface area contributed by atoms with Crippen LogP contribution in [0.25, 0.3) is 0 Å². The SMILES string of the molecule is CCCCNC(=O)[C@H](C)N(Cc1ccc(Cl)cc1)C(=O)CN(c1cc(C(F)(F)F)ccc1Cl)S(=O)(=O)c1ccccc1. The minimum atomic E-state index is -4.81. The van der Waals surface area contributed by atoms with Crippen molar-refractivity contribution in [3.63, 3.8) is 0 Å². The van der Waals surface area contributed by atoms with E-state index in [0.717, 1.165) is 18.6 Å². The van der Waals surface area contributed by atoms with E-state index in [1.807, 2.05) is 6.92 Å². The third-order valence-electron chi connectivity index (χ3n) is 6.42. The maximum absolute atomic E-state index is 13.9. The van der Waals surface area contributed by atoms with Crippen LogP contribution in [0.1, 0.15) is 37.8 Å². The van der Waals surface area contributed by atoms with Crippen LogP contribution in [0.4, 0.5) is 18.9 Å². The Labute approximate surface area is 253 Å². The van der Waals surface area contributed by atoms with E-state index in [-0.39, 0.29) is 16.5 Å². The molecule has 42 heavy (non-hydrogen) atoms. The van der Waals surface area contributed by atoms with Crippen molar-refractivity contribution in [1.29, 1.82) is 0 Å². The summed E-state index contributed by atoms with van der Waals surface area (Å²) >= 11 is 12.2. The van der Waals surface area contributed by atoms with Gasteiger partial charge in [0.25, 0.3) is 10.0 Å². The summed E-state index contributed by atoms with van der Waals surface area (Å²) in [5.74, 6) is -1.31. The van der Waals surface area contributed by atoms with E-state index < -0.39 is 51.9 Å². The molecule has 0 aliphatic heterocycles. The number of carbonyl (C=O) groups is 2. The second-order valence-corrected chi connectivity index (χ2v) is 12.2. The summed E-state index contributed by atoms with van der Waals surface area (Å²) in [7, 11) is -4.59. The van der Waals surface area contributed by atoms with Gasteiger partial charge in [-0.3, -0.25) is 13.9 Å². The first-order valence-corrected chi connectivity index (χ1v) is 15.2. The van der Waals surface area contributed by atoms with Gasteiger partial charge in [-0.25, -0.2) is 8.42 Å². The maximum Gasteiger partial charge on any atom is 0.416 e. The zero-order valence-corrected chi connectivity index (χ0v) is 25.2. The monoisotopic (exact) mass is 643 g/mol. The molecule has 0 unspecified atom stereocenters. The lowest BCUT2D eigenvalue weighted by Gasteiger charge is -2.32. The Morgan fingerprint density at radius 1 is 0.976 bits per heavy atom. The van der Waals surface area contributed by atoms with Gasteiger partial charge >= 0.3 is 6.18 Å². The van der Waals surface area contributed by atoms with Gasteiger partial charge in [-0.1, -0.05) is 66.9 Å². The maximum atomic E-state index is 13.9. The molecule has 0 heterocycles. The van der Waals surface area contributed by atoms with Gasteiger partial charge in [0.1, 0.15) is 12.6 Å². The number of alkyl halides is 3. The highest BCUT2D eigenvalue weighted by molar-refractivity contribution is 7.92. The number of benzene rings is 3. The Hall–Kier alpha value is -3.28. The molecule has 1 atom stereocenters. The first-order valence-electron chi connectivity index (χ1n) is 13.0. The Kier molecular flexibility index (Phi) is 11.3. The summed E-state index contributed by atoms with van der Waals surface area (Å²) < 4.78 is 69.0. The number of amides is 2. The van der Waals surface area contributed by atoms with E-state index in [9.17, 15) is 31.2 Å². The highest BCUT2D eigenvalue weighted by Gasteiger charge is 2.36. The Bertz CT molecular complexity index is 1490. The van der Waals surface area contributed by atoms with Crippen molar-refractivity contribution < 1.29 is 31.2 Å². The number of rotatable bonds is 12. The number of hydrogen-bond donors (Lipinski definition) is 1. The van der Waals surface area contributed by atoms with Crippen LogP contribution in [0.15, 0.2) is 77.7 Å². The standard InChI is InChI=1S/C29H30Cl2F3N3O4S/c1-3-4-16-35-28(39)20(2)36(18-21-10-13-23(30)14-11-21)27(38)19-37(42(40,41)24-8-6-5-7-9-24)26-17-22(29(32,33)34)12-15-25(26)31/h5-15,17,20H,3-4,16,18-19H2,1-2H3,(H,35,39)/t20-/m0/s1. The molecule has 1 N–H and O–H groups in total. The molecule has 0 aromatic heterocycles. The molecule has 2 amide bonds. The van der Waals surface area contributed by atoms with Gasteiger partial charge in [-0.15, -0.1) is 0 Å². The van der Waals surface area contributed by atoms with Crippen molar-refractivity contribution in [3.05, 3.63) is 94.0 Å². The molecule has 7 nitrogen and oxygen atoms in total. The Morgan fingerprint density at radius 2 is 1.62 bits per heavy atom. The van der Waals surface area contributed by atoms with E-state index in [2.05, 4.69) is 5.32 Å². The number of nitrogens with zero attached hydrogens (tertiary/aromatic N) is 2. The van der Waals surface area contributed by atoms with E-state index in [1.165, 1.54) is 36.1 Å². The van der Waals surface area contributed by atoms with Gasteiger partial charge in [-0.2, -0.15) is 13.2 Å². The quantitative estimate of drug-likeness (QED) is 0.227. The van der Waals surface area contributed by atoms with Gasteiger partial charge in [0.15, 0.2) is 0 Å². The summed E-state index contributed by atoms with van der Waals surface area (Å²) in [5.41, 5.74) is -1.09. The topological polar surface area (TPSA) is 86.8 Å². The molecule has 0 aliphatic rings. The fourth-order valence-electron chi connectivity index (χ4n) is 4.02. The second kappa shape index (κ2) is 14.3. The normalized spacial score (nSPS) is 12.5. The van der Waals surface area contributed by atoms with Crippen molar-refractivity contribution in [3.8, 4) is 0 Å². The highest BCUT2D eigenvalue weighted by atomic mass is 35.5. The molecule has 13 heteroatoms. The number of carbonyl (C=O) groups excluding carboxylic acids is 2. The zero-order chi connectivity index (χ0) is 31.1. The summed E-state index contributed by atoms with van der Waals surface area (Å²) in [5, 5.41) is 2.89. The van der Waals surface area contributed by atoms with Crippen molar-refractivity contribution in [2.45, 2.75) is 50.3 Å². The minimum Gasteiger partial charge on any atom is -0.354 e. The van der Waals surface area contributed by atoms with Gasteiger partial charge in [0.05, 0.1) is 21.2 Å². The minimum absolute atomic E-state index is 0.103. The lowest BCUT2D eigenvalue weighted by molar-refractivity contribution is -0.139. The second-order valence-electron chi connectivity index (χ2n) is 9.46. The average Bonchev–Trinajstić information content (AvgIpc) is 2.95. The molecule has 0 bridgehead atoms. The molecule has 226 valence electrons. The molecule has 0 saturated carbocycles. The number of nitrogens with one attached hydrogen (secondary N) is 1. The predicted octanol–water partition coefficient (Wildman–Crippen LogP) is 6.54. The van der Waals surface area contributed by atoms with E-state index in [0.29, 0.717) is 33.9 Å². The van der Waals surface area contributed by atoms with E-state index in [4.69, 9.17) is 23.2 Å². The number of hydrogen-bond acceptors (Lipinski definition) is 4. The van der Waals surface area contributed by atoms with Crippen LogP contribution in [-0.4, -0.2) is 44.3 Å². The van der Waals surface area contributed by atoms with Crippen LogP contribution in [0.5, 0.6) is 0 Å². The van der Waals surface area contributed by atoms with Crippen LogP contribution in [-0.2, 0) is 32.3 Å². The highest BCUT2D eigenvalue weighted by Crippen LogP contribution is 2.37. The van der Waals surface area contributed by atoms with Crippen LogP contribution in [0, 0.1) is 0 Å². The van der Waals surface area contributed by atoms with Crippen molar-refractivity contribution in [2.24, 2.45) is 0 Å². The van der Waals surface area contributed by atoms with Crippen LogP contribution < -0.4 is 9.62 Å². The molecule has 3 rings (SSSR count). The number of halogens is 5. The van der Waals surface area contributed by atoms with Crippen molar-refractivity contribution >= 4 is 50.7 Å². The summed E-state index contributed by atoms with van der Waals surface area (Å²) in [6.07, 6.45) is -3.27. The van der Waals surface area contributed by atoms with Crippen LogP contribution >= 0.6 is 23.2 Å². The van der Waals surface area contributed by atoms with Gasteiger partial charge in [0, 0.05) is 18.1 Å². The lowest BCUT2D eigenvalue weighted by atomic mass is 10.1. The van der Waals surface area contributed by atoms with Gasteiger partial charge in [0.2, 0.25) is 11.8 Å². The van der Waals surface area contributed by atoms with Gasteiger partial charge in [-0.05, 0) is 61.4 Å². The average molecular weight is 645 g/mol. The molecular weight excluding hydrogens is 614 g/mol. The number of sulfonamides is 1. The number of unbranched alkanes of at least 4 members (excludes halogenated alkanes) is 1. The molecule has 0 radical (unpaired) electrons. The third kappa shape index (κ3) is 8.39. The van der Waals surface area contributed by atoms with Crippen LogP contribution in [0.3, 0.4) is 0 Å². The first kappa shape index (κ1) is 33.2. The Morgan fingerprint density at radius 3 is 2.21 bits per heavy atom. The lowest BCUT2D eigenvalue weighted by Crippen LogP contribution is -2.51. The summed E-state index contributed by atoms with van der Waals surface area (Å²) in [6, 6.07) is 14.6. The third-order valence-corrected chi connectivity index (χ3v) is 8.76. The largest absolute Gasteiger partial charge is 0.416 e. The summed E-state index contributed by atoms with van der Waals surface area (Å²) in [6.45, 7) is 2.78. The van der Waals surface area contributed by atoms with E-state index in [1.54, 1.807) is 30.3 Å². The first-order chi connectivity index (χ1) is 19.8. The zero-order valence-electron chi connectivity index (χ0n) is 22.9. The van der Waals surface area contributed by atoms with Crippen LogP contribution in [0.2, 0.25) is 10.0 Å². The molecule has 3 aromatic carbocycles. The summed E-state index contributed by atoms with van der Waals surface area (Å²) in [4.78, 5) is 27.8. The molecule has 3 aromatic rings. The fraction of sp³-hybridized carbons (Fsp3) is 0.310. The predicted molar refractivity (Wildman–Crippen MR) is 157 cm³/mol. The van der Waals surface area contributed by atoms with Crippen molar-refractivity contribution in [1.82, 2.24) is 10.2 Å².